The SMILES string of the molecule is C=Cc1ccc(C(F)(F)F)cc1.Cc1nc(COc2c(C)cc(OCCCN(/C=C\N)CCO)c(C)c2C)co1. The van der Waals surface area contributed by atoms with Crippen molar-refractivity contribution in [2.24, 2.45) is 5.73 Å². The number of ether oxygens (including phenoxy) is 2. The number of oxazole rings is 1. The van der Waals surface area contributed by atoms with Gasteiger partial charge in [0, 0.05) is 32.4 Å². The van der Waals surface area contributed by atoms with Gasteiger partial charge in [-0.05, 0) is 67.6 Å². The van der Waals surface area contributed by atoms with Crippen molar-refractivity contribution < 1.29 is 32.2 Å². The Morgan fingerprint density at radius 2 is 1.77 bits per heavy atom. The third kappa shape index (κ3) is 10.00. The van der Waals surface area contributed by atoms with Crippen LogP contribution in [0.3, 0.4) is 0 Å². The summed E-state index contributed by atoms with van der Waals surface area (Å²) in [6.07, 6.45) is 2.94. The number of nitrogens with two attached hydrogens (primary N) is 1. The van der Waals surface area contributed by atoms with Crippen LogP contribution in [0, 0.1) is 27.7 Å². The zero-order valence-electron chi connectivity index (χ0n) is 23.4. The van der Waals surface area contributed by atoms with Crippen molar-refractivity contribution in [1.82, 2.24) is 9.88 Å². The zero-order valence-corrected chi connectivity index (χ0v) is 23.4. The number of alkyl halides is 3. The Labute approximate surface area is 233 Å². The first-order valence-corrected chi connectivity index (χ1v) is 12.8. The third-order valence-corrected chi connectivity index (χ3v) is 6.01. The van der Waals surface area contributed by atoms with E-state index in [1.54, 1.807) is 12.5 Å². The van der Waals surface area contributed by atoms with Crippen LogP contribution >= 0.6 is 0 Å². The number of benzene rings is 2. The van der Waals surface area contributed by atoms with Crippen LogP contribution in [0.5, 0.6) is 11.5 Å². The molecule has 0 saturated heterocycles. The molecule has 7 nitrogen and oxygen atoms in total. The average molecular weight is 562 g/mol. The Hall–Kier alpha value is -3.92. The van der Waals surface area contributed by atoms with E-state index in [1.165, 1.54) is 24.4 Å². The number of hydrogen-bond donors (Lipinski definition) is 2. The molecule has 218 valence electrons. The smallest absolute Gasteiger partial charge is 0.416 e. The number of hydrogen-bond acceptors (Lipinski definition) is 7. The molecule has 0 aliphatic rings. The number of rotatable bonds is 12. The summed E-state index contributed by atoms with van der Waals surface area (Å²) in [5, 5.41) is 9.07. The van der Waals surface area contributed by atoms with E-state index in [2.05, 4.69) is 11.6 Å². The lowest BCUT2D eigenvalue weighted by Gasteiger charge is -2.20. The van der Waals surface area contributed by atoms with Gasteiger partial charge in [-0.1, -0.05) is 24.8 Å². The first-order chi connectivity index (χ1) is 19.0. The molecule has 1 heterocycles. The fraction of sp³-hybridized carbons (Fsp3) is 0.367. The van der Waals surface area contributed by atoms with E-state index in [9.17, 15) is 13.2 Å². The molecule has 0 atom stereocenters. The molecule has 10 heteroatoms. The molecule has 0 amide bonds. The standard InChI is InChI=1S/C21H31N3O4.C9H7F3/c1-15-12-20(26-11-5-7-24(8-6-22)9-10-25)16(2)17(3)21(15)28-14-19-13-27-18(4)23-19;1-2-7-3-5-8(6-4-7)9(10,11)12/h6,8,12-13,25H,5,7,9-11,14,22H2,1-4H3;2-6H,1H2/b8-6-;. The van der Waals surface area contributed by atoms with Crippen molar-refractivity contribution in [1.29, 1.82) is 0 Å². The Morgan fingerprint density at radius 3 is 2.33 bits per heavy atom. The Balaban J connectivity index is 0.000000389. The van der Waals surface area contributed by atoms with Gasteiger partial charge in [-0.15, -0.1) is 0 Å². The highest BCUT2D eigenvalue weighted by molar-refractivity contribution is 5.52. The van der Waals surface area contributed by atoms with Gasteiger partial charge in [0.05, 0.1) is 18.8 Å². The molecule has 0 radical (unpaired) electrons. The van der Waals surface area contributed by atoms with Crippen LogP contribution in [0.15, 0.2) is 60.0 Å². The van der Waals surface area contributed by atoms with Crippen LogP contribution in [0.4, 0.5) is 13.2 Å². The monoisotopic (exact) mass is 561 g/mol. The van der Waals surface area contributed by atoms with Crippen molar-refractivity contribution in [3.63, 3.8) is 0 Å². The molecule has 40 heavy (non-hydrogen) atoms. The summed E-state index contributed by atoms with van der Waals surface area (Å²) in [7, 11) is 0. The van der Waals surface area contributed by atoms with Crippen molar-refractivity contribution >= 4 is 6.08 Å². The van der Waals surface area contributed by atoms with Crippen LogP contribution in [-0.4, -0.2) is 41.3 Å². The number of aryl methyl sites for hydroxylation is 2. The molecule has 3 aromatic rings. The minimum absolute atomic E-state index is 0.0953. The van der Waals surface area contributed by atoms with Gasteiger partial charge in [0.15, 0.2) is 5.89 Å². The van der Waals surface area contributed by atoms with E-state index in [4.69, 9.17) is 24.7 Å². The summed E-state index contributed by atoms with van der Waals surface area (Å²) >= 11 is 0. The van der Waals surface area contributed by atoms with Gasteiger partial charge in [-0.3, -0.25) is 0 Å². The molecule has 0 bridgehead atoms. The summed E-state index contributed by atoms with van der Waals surface area (Å²) in [6.45, 7) is 13.7. The van der Waals surface area contributed by atoms with E-state index in [0.29, 0.717) is 31.2 Å². The fourth-order valence-electron chi connectivity index (χ4n) is 3.78. The van der Waals surface area contributed by atoms with Crippen molar-refractivity contribution in [2.75, 3.05) is 26.3 Å². The fourth-order valence-corrected chi connectivity index (χ4v) is 3.78. The molecule has 0 aliphatic carbocycles. The van der Waals surface area contributed by atoms with Gasteiger partial charge in [-0.25, -0.2) is 4.98 Å². The van der Waals surface area contributed by atoms with Gasteiger partial charge in [0.1, 0.15) is 30.1 Å². The quantitative estimate of drug-likeness (QED) is 0.250. The van der Waals surface area contributed by atoms with E-state index in [0.717, 1.165) is 59.0 Å². The van der Waals surface area contributed by atoms with E-state index < -0.39 is 11.7 Å². The van der Waals surface area contributed by atoms with Crippen molar-refractivity contribution in [3.8, 4) is 11.5 Å². The summed E-state index contributed by atoms with van der Waals surface area (Å²) in [4.78, 5) is 6.23. The molecule has 1 aromatic heterocycles. The second-order valence-corrected chi connectivity index (χ2v) is 9.04. The maximum atomic E-state index is 12.0. The van der Waals surface area contributed by atoms with Crippen molar-refractivity contribution in [3.05, 3.63) is 95.0 Å². The minimum atomic E-state index is -4.25. The van der Waals surface area contributed by atoms with Crippen molar-refractivity contribution in [2.45, 2.75) is 46.9 Å². The van der Waals surface area contributed by atoms with Crippen LogP contribution in [0.25, 0.3) is 6.08 Å². The highest BCUT2D eigenvalue weighted by Gasteiger charge is 2.29. The molecule has 0 unspecified atom stereocenters. The number of aliphatic hydroxyl groups is 1. The zero-order chi connectivity index (χ0) is 29.7. The Bertz CT molecular complexity index is 1240. The molecule has 2 aromatic carbocycles. The Kier molecular flexibility index (Phi) is 12.6. The predicted octanol–water partition coefficient (Wildman–Crippen LogP) is 6.33. The number of nitrogens with zero attached hydrogens (tertiary/aromatic N) is 2. The summed E-state index contributed by atoms with van der Waals surface area (Å²) < 4.78 is 53.2. The first-order valence-electron chi connectivity index (χ1n) is 12.8. The molecule has 0 aliphatic heterocycles. The van der Waals surface area contributed by atoms with Gasteiger partial charge in [0.2, 0.25) is 0 Å². The average Bonchev–Trinajstić information content (AvgIpc) is 3.34. The maximum absolute atomic E-state index is 12.0. The Morgan fingerprint density at radius 1 is 1.07 bits per heavy atom. The van der Waals surface area contributed by atoms with Gasteiger partial charge in [0.25, 0.3) is 0 Å². The lowest BCUT2D eigenvalue weighted by atomic mass is 10.0. The normalized spacial score (nSPS) is 11.2. The van der Waals surface area contributed by atoms with Crippen LogP contribution in [0.1, 0.15) is 45.8 Å². The highest BCUT2D eigenvalue weighted by atomic mass is 19.4. The van der Waals surface area contributed by atoms with Crippen LogP contribution in [-0.2, 0) is 12.8 Å². The topological polar surface area (TPSA) is 94.0 Å². The van der Waals surface area contributed by atoms with E-state index in [1.807, 2.05) is 38.7 Å². The maximum Gasteiger partial charge on any atom is 0.416 e. The van der Waals surface area contributed by atoms with Crippen LogP contribution in [0.2, 0.25) is 0 Å². The van der Waals surface area contributed by atoms with Gasteiger partial charge < -0.3 is 29.6 Å². The van der Waals surface area contributed by atoms with Gasteiger partial charge in [-0.2, -0.15) is 13.2 Å². The number of halogens is 3. The molecular formula is C30H38F3N3O4. The molecule has 3 rings (SSSR count). The third-order valence-electron chi connectivity index (χ3n) is 6.01. The van der Waals surface area contributed by atoms with Gasteiger partial charge >= 0.3 is 6.18 Å². The molecular weight excluding hydrogens is 523 g/mol. The second-order valence-electron chi connectivity index (χ2n) is 9.04. The second kappa shape index (κ2) is 15.6. The molecule has 3 N–H and O–H groups in total. The summed E-state index contributed by atoms with van der Waals surface area (Å²) in [6, 6.07) is 6.86. The summed E-state index contributed by atoms with van der Waals surface area (Å²) in [5.41, 5.74) is 9.39. The van der Waals surface area contributed by atoms with Crippen LogP contribution < -0.4 is 15.2 Å². The first kappa shape index (κ1) is 32.3. The number of aliphatic hydroxyl groups excluding tert-OH is 1. The molecule has 0 saturated carbocycles. The lowest BCUT2D eigenvalue weighted by molar-refractivity contribution is -0.137. The highest BCUT2D eigenvalue weighted by Crippen LogP contribution is 2.34. The molecule has 0 spiro atoms. The largest absolute Gasteiger partial charge is 0.493 e. The molecule has 0 fully saturated rings. The predicted molar refractivity (Wildman–Crippen MR) is 150 cm³/mol. The lowest BCUT2D eigenvalue weighted by Crippen LogP contribution is -2.24. The summed E-state index contributed by atoms with van der Waals surface area (Å²) in [5.74, 6) is 2.35. The number of aromatic nitrogens is 1. The van der Waals surface area contributed by atoms with E-state index >= 15 is 0 Å². The minimum Gasteiger partial charge on any atom is -0.493 e. The van der Waals surface area contributed by atoms with E-state index in [-0.39, 0.29) is 6.61 Å².